The molecule has 2 aromatic rings. The van der Waals surface area contributed by atoms with Crippen molar-refractivity contribution in [3.63, 3.8) is 0 Å². The first-order valence-electron chi connectivity index (χ1n) is 7.14. The first-order chi connectivity index (χ1) is 9.76. The van der Waals surface area contributed by atoms with E-state index in [9.17, 15) is 0 Å². The van der Waals surface area contributed by atoms with E-state index in [0.29, 0.717) is 17.1 Å². The minimum atomic E-state index is 0.456. The number of hydrogen-bond acceptors (Lipinski definition) is 4. The van der Waals surface area contributed by atoms with Crippen molar-refractivity contribution in [2.24, 2.45) is 11.7 Å². The molecule has 0 atom stereocenters. The Kier molecular flexibility index (Phi) is 4.03. The molecule has 0 bridgehead atoms. The summed E-state index contributed by atoms with van der Waals surface area (Å²) in [4.78, 5) is 8.66. The maximum absolute atomic E-state index is 6.09. The molecule has 0 unspecified atom stereocenters. The van der Waals surface area contributed by atoms with E-state index in [1.54, 1.807) is 6.20 Å². The van der Waals surface area contributed by atoms with Crippen LogP contribution in [0.25, 0.3) is 10.9 Å². The molecule has 1 aliphatic carbocycles. The third-order valence-corrected chi connectivity index (χ3v) is 4.37. The lowest BCUT2D eigenvalue weighted by molar-refractivity contribution is 0.344. The van der Waals surface area contributed by atoms with Gasteiger partial charge in [0.15, 0.2) is 5.15 Å². The summed E-state index contributed by atoms with van der Waals surface area (Å²) in [6, 6.07) is 6.44. The fourth-order valence-electron chi connectivity index (χ4n) is 2.85. The van der Waals surface area contributed by atoms with Crippen LogP contribution < -0.4 is 11.1 Å². The molecule has 20 heavy (non-hydrogen) atoms. The van der Waals surface area contributed by atoms with Gasteiger partial charge in [0.2, 0.25) is 0 Å². The number of nitrogens with two attached hydrogens (primary N) is 1. The highest BCUT2D eigenvalue weighted by Crippen LogP contribution is 2.26. The van der Waals surface area contributed by atoms with Crippen LogP contribution in [0.2, 0.25) is 5.15 Å². The number of nitrogens with one attached hydrogen (secondary N) is 1. The highest BCUT2D eigenvalue weighted by Gasteiger charge is 2.20. The number of pyridine rings is 2. The summed E-state index contributed by atoms with van der Waals surface area (Å²) in [7, 11) is 0. The molecule has 3 N–H and O–H groups in total. The minimum absolute atomic E-state index is 0.456. The molecule has 0 radical (unpaired) electrons. The number of nitrogens with zero attached hydrogens (tertiary/aromatic N) is 2. The predicted molar refractivity (Wildman–Crippen MR) is 83.0 cm³/mol. The zero-order valence-electron chi connectivity index (χ0n) is 11.3. The molecule has 106 valence electrons. The second kappa shape index (κ2) is 5.94. The van der Waals surface area contributed by atoms with E-state index >= 15 is 0 Å². The summed E-state index contributed by atoms with van der Waals surface area (Å²) in [5, 5.41) is 4.98. The molecule has 0 aromatic carbocycles. The van der Waals surface area contributed by atoms with Crippen molar-refractivity contribution in [1.29, 1.82) is 0 Å². The molecular formula is C15H19ClN4. The average Bonchev–Trinajstić information content (AvgIpc) is 2.49. The molecule has 0 aliphatic heterocycles. The largest absolute Gasteiger partial charge is 0.367 e. The minimum Gasteiger partial charge on any atom is -0.367 e. The summed E-state index contributed by atoms with van der Waals surface area (Å²) < 4.78 is 0. The van der Waals surface area contributed by atoms with Gasteiger partial charge in [0.1, 0.15) is 11.3 Å². The Balaban J connectivity index is 1.73. The lowest BCUT2D eigenvalue weighted by atomic mass is 9.86. The van der Waals surface area contributed by atoms with E-state index in [1.807, 2.05) is 18.2 Å². The van der Waals surface area contributed by atoms with Gasteiger partial charge < -0.3 is 11.1 Å². The highest BCUT2D eigenvalue weighted by atomic mass is 35.5. The van der Waals surface area contributed by atoms with Gasteiger partial charge in [-0.2, -0.15) is 0 Å². The van der Waals surface area contributed by atoms with E-state index in [1.165, 1.54) is 12.8 Å². The molecule has 1 aliphatic rings. The molecule has 4 nitrogen and oxygen atoms in total. The Morgan fingerprint density at radius 2 is 2.00 bits per heavy atom. The van der Waals surface area contributed by atoms with Crippen LogP contribution in [0.3, 0.4) is 0 Å². The van der Waals surface area contributed by atoms with Crippen molar-refractivity contribution in [2.75, 3.05) is 11.9 Å². The van der Waals surface area contributed by atoms with Crippen LogP contribution in [0.4, 0.5) is 5.82 Å². The normalized spacial score (nSPS) is 22.9. The number of hydrogen-bond donors (Lipinski definition) is 2. The topological polar surface area (TPSA) is 63.8 Å². The van der Waals surface area contributed by atoms with Crippen molar-refractivity contribution < 1.29 is 0 Å². The van der Waals surface area contributed by atoms with Crippen molar-refractivity contribution in [3.8, 4) is 0 Å². The lowest BCUT2D eigenvalue weighted by Gasteiger charge is -2.28. The molecule has 1 saturated carbocycles. The van der Waals surface area contributed by atoms with Crippen LogP contribution in [0.15, 0.2) is 24.4 Å². The Hall–Kier alpha value is -1.39. The van der Waals surface area contributed by atoms with E-state index in [0.717, 1.165) is 36.1 Å². The zero-order chi connectivity index (χ0) is 13.9. The first-order valence-corrected chi connectivity index (χ1v) is 7.52. The SMILES string of the molecule is NCC1CCC(Nc2ccc3ccnc(Cl)c3n2)CC1. The summed E-state index contributed by atoms with van der Waals surface area (Å²) in [5.74, 6) is 1.57. The van der Waals surface area contributed by atoms with Crippen LogP contribution in [0.5, 0.6) is 0 Å². The molecule has 3 rings (SSSR count). The fourth-order valence-corrected chi connectivity index (χ4v) is 3.05. The molecule has 0 saturated heterocycles. The standard InChI is InChI=1S/C15H19ClN4/c16-15-14-11(7-8-18-15)3-6-13(20-14)19-12-4-1-10(9-17)2-5-12/h3,6-8,10,12H,1-2,4-5,9,17H2,(H,19,20). The molecule has 5 heteroatoms. The summed E-state index contributed by atoms with van der Waals surface area (Å²) in [6.07, 6.45) is 6.41. The average molecular weight is 291 g/mol. The van der Waals surface area contributed by atoms with Gasteiger partial charge in [-0.15, -0.1) is 0 Å². The van der Waals surface area contributed by atoms with Gasteiger partial charge in [0.05, 0.1) is 0 Å². The fraction of sp³-hybridized carbons (Fsp3) is 0.467. The van der Waals surface area contributed by atoms with Crippen molar-refractivity contribution in [1.82, 2.24) is 9.97 Å². The van der Waals surface area contributed by atoms with Crippen molar-refractivity contribution >= 4 is 28.3 Å². The molecule has 0 amide bonds. The Morgan fingerprint density at radius 1 is 1.20 bits per heavy atom. The van der Waals surface area contributed by atoms with Gasteiger partial charge in [-0.3, -0.25) is 0 Å². The maximum Gasteiger partial charge on any atom is 0.155 e. The second-order valence-electron chi connectivity index (χ2n) is 5.47. The highest BCUT2D eigenvalue weighted by molar-refractivity contribution is 6.33. The van der Waals surface area contributed by atoms with Gasteiger partial charge >= 0.3 is 0 Å². The van der Waals surface area contributed by atoms with Crippen LogP contribution >= 0.6 is 11.6 Å². The predicted octanol–water partition coefficient (Wildman–Crippen LogP) is 3.21. The van der Waals surface area contributed by atoms with E-state index in [2.05, 4.69) is 15.3 Å². The summed E-state index contributed by atoms with van der Waals surface area (Å²) >= 11 is 6.09. The second-order valence-corrected chi connectivity index (χ2v) is 5.83. The van der Waals surface area contributed by atoms with Crippen LogP contribution in [0, 0.1) is 5.92 Å². The number of halogens is 1. The lowest BCUT2D eigenvalue weighted by Crippen LogP contribution is -2.29. The quantitative estimate of drug-likeness (QED) is 0.852. The van der Waals surface area contributed by atoms with Gasteiger partial charge in [0.25, 0.3) is 0 Å². The van der Waals surface area contributed by atoms with Gasteiger partial charge in [-0.25, -0.2) is 9.97 Å². The Bertz CT molecular complexity index is 593. The maximum atomic E-state index is 6.09. The summed E-state index contributed by atoms with van der Waals surface area (Å²) in [5.41, 5.74) is 6.48. The monoisotopic (exact) mass is 290 g/mol. The van der Waals surface area contributed by atoms with Crippen LogP contribution in [-0.2, 0) is 0 Å². The van der Waals surface area contributed by atoms with E-state index in [4.69, 9.17) is 17.3 Å². The smallest absolute Gasteiger partial charge is 0.155 e. The van der Waals surface area contributed by atoms with Gasteiger partial charge in [0, 0.05) is 17.6 Å². The Labute approximate surface area is 123 Å². The van der Waals surface area contributed by atoms with Crippen molar-refractivity contribution in [3.05, 3.63) is 29.5 Å². The molecule has 2 heterocycles. The van der Waals surface area contributed by atoms with E-state index in [-0.39, 0.29) is 0 Å². The number of anilines is 1. The molecular weight excluding hydrogens is 272 g/mol. The zero-order valence-corrected chi connectivity index (χ0v) is 12.1. The molecule has 1 fully saturated rings. The van der Waals surface area contributed by atoms with Crippen LogP contribution in [-0.4, -0.2) is 22.6 Å². The third kappa shape index (κ3) is 2.86. The first kappa shape index (κ1) is 13.6. The van der Waals surface area contributed by atoms with E-state index < -0.39 is 0 Å². The Morgan fingerprint density at radius 3 is 2.75 bits per heavy atom. The van der Waals surface area contributed by atoms with Gasteiger partial charge in [-0.05, 0) is 56.3 Å². The van der Waals surface area contributed by atoms with Crippen LogP contribution in [0.1, 0.15) is 25.7 Å². The van der Waals surface area contributed by atoms with Crippen molar-refractivity contribution in [2.45, 2.75) is 31.7 Å². The molecule has 2 aromatic heterocycles. The molecule has 0 spiro atoms. The number of aromatic nitrogens is 2. The van der Waals surface area contributed by atoms with Gasteiger partial charge in [-0.1, -0.05) is 11.6 Å². The number of rotatable bonds is 3. The third-order valence-electron chi connectivity index (χ3n) is 4.10. The number of fused-ring (bicyclic) bond motifs is 1. The summed E-state index contributed by atoms with van der Waals surface area (Å²) in [6.45, 7) is 0.808.